The Labute approximate surface area is 120 Å². The van der Waals surface area contributed by atoms with E-state index in [-0.39, 0.29) is 22.4 Å². The fourth-order valence-corrected chi connectivity index (χ4v) is 2.44. The zero-order chi connectivity index (χ0) is 15.4. The van der Waals surface area contributed by atoms with Crippen LogP contribution in [0.1, 0.15) is 36.8 Å². The Morgan fingerprint density at radius 2 is 1.90 bits per heavy atom. The van der Waals surface area contributed by atoms with Crippen LogP contribution in [0.5, 0.6) is 0 Å². The minimum absolute atomic E-state index is 0.0197. The van der Waals surface area contributed by atoms with Gasteiger partial charge in [-0.2, -0.15) is 4.37 Å². The largest absolute Gasteiger partial charge is 0.478 e. The second-order valence-corrected chi connectivity index (χ2v) is 5.46. The van der Waals surface area contributed by atoms with Crippen molar-refractivity contribution in [1.82, 2.24) is 9.69 Å². The lowest BCUT2D eigenvalue weighted by atomic mass is 10.0. The molecule has 2 amide bonds. The number of hydrogen-bond acceptors (Lipinski definition) is 5. The summed E-state index contributed by atoms with van der Waals surface area (Å²) in [7, 11) is 0. The number of carboxylic acid groups (broad SMARTS) is 1. The summed E-state index contributed by atoms with van der Waals surface area (Å²) in [5.74, 6) is -2.05. The highest BCUT2D eigenvalue weighted by Crippen LogP contribution is 2.24. The number of aromatic nitrogens is 1. The Hall–Kier alpha value is -1.96. The number of carboxylic acids is 1. The molecule has 3 N–H and O–H groups in total. The Morgan fingerprint density at radius 1 is 1.30 bits per heavy atom. The molecule has 110 valence electrons. The summed E-state index contributed by atoms with van der Waals surface area (Å²) < 4.78 is 3.91. The van der Waals surface area contributed by atoms with E-state index in [2.05, 4.69) is 15.0 Å². The Morgan fingerprint density at radius 3 is 2.35 bits per heavy atom. The summed E-state index contributed by atoms with van der Waals surface area (Å²) in [5, 5.41) is 14.3. The molecule has 1 rings (SSSR count). The molecule has 0 saturated heterocycles. The lowest BCUT2D eigenvalue weighted by Crippen LogP contribution is -2.46. The second kappa shape index (κ2) is 6.47. The quantitative estimate of drug-likeness (QED) is 0.758. The van der Waals surface area contributed by atoms with Crippen molar-refractivity contribution in [1.29, 1.82) is 0 Å². The van der Waals surface area contributed by atoms with Crippen molar-refractivity contribution in [3.8, 4) is 0 Å². The van der Waals surface area contributed by atoms with Gasteiger partial charge in [0.15, 0.2) is 0 Å². The summed E-state index contributed by atoms with van der Waals surface area (Å²) in [4.78, 5) is 34.3. The summed E-state index contributed by atoms with van der Waals surface area (Å²) in [5.41, 5.74) is 0.326. The van der Waals surface area contributed by atoms with E-state index in [0.29, 0.717) is 5.69 Å². The van der Waals surface area contributed by atoms with Gasteiger partial charge in [0, 0.05) is 6.92 Å². The van der Waals surface area contributed by atoms with Gasteiger partial charge in [0.2, 0.25) is 11.8 Å². The van der Waals surface area contributed by atoms with Crippen molar-refractivity contribution in [3.05, 3.63) is 11.3 Å². The molecule has 1 atom stereocenters. The molecule has 8 heteroatoms. The van der Waals surface area contributed by atoms with Crippen LogP contribution in [0.25, 0.3) is 0 Å². The summed E-state index contributed by atoms with van der Waals surface area (Å²) >= 11 is 0.905. The number of nitrogens with one attached hydrogen (secondary N) is 2. The number of hydrogen-bond donors (Lipinski definition) is 3. The fraction of sp³-hybridized carbons (Fsp3) is 0.500. The Kier molecular flexibility index (Phi) is 5.20. The number of rotatable bonds is 5. The van der Waals surface area contributed by atoms with E-state index >= 15 is 0 Å². The van der Waals surface area contributed by atoms with Crippen LogP contribution in [0.2, 0.25) is 0 Å². The third kappa shape index (κ3) is 3.77. The van der Waals surface area contributed by atoms with Crippen LogP contribution >= 0.6 is 11.5 Å². The van der Waals surface area contributed by atoms with Crippen molar-refractivity contribution in [2.45, 2.75) is 33.7 Å². The highest BCUT2D eigenvalue weighted by Gasteiger charge is 2.26. The third-order valence-corrected chi connectivity index (χ3v) is 3.48. The van der Waals surface area contributed by atoms with Crippen molar-refractivity contribution < 1.29 is 19.5 Å². The van der Waals surface area contributed by atoms with Gasteiger partial charge in [0.1, 0.15) is 16.6 Å². The molecule has 0 fully saturated rings. The normalized spacial score (nSPS) is 12.1. The Balaban J connectivity index is 2.94. The standard InChI is InChI=1S/C12H17N3O4S/c1-5(2)9(13-7(4)16)10(17)14-11-8(12(18)19)6(3)15-20-11/h5,9H,1-4H3,(H,13,16)(H,14,17)(H,18,19). The molecular formula is C12H17N3O4S. The molecule has 0 aliphatic carbocycles. The highest BCUT2D eigenvalue weighted by molar-refractivity contribution is 7.11. The van der Waals surface area contributed by atoms with Crippen LogP contribution < -0.4 is 10.6 Å². The van der Waals surface area contributed by atoms with Gasteiger partial charge in [-0.3, -0.25) is 9.59 Å². The van der Waals surface area contributed by atoms with Gasteiger partial charge in [-0.15, -0.1) is 0 Å². The lowest BCUT2D eigenvalue weighted by Gasteiger charge is -2.20. The van der Waals surface area contributed by atoms with Crippen LogP contribution in [0.15, 0.2) is 0 Å². The zero-order valence-electron chi connectivity index (χ0n) is 11.7. The zero-order valence-corrected chi connectivity index (χ0v) is 12.5. The maximum atomic E-state index is 12.1. The molecule has 1 heterocycles. The number of aryl methyl sites for hydroxylation is 1. The van der Waals surface area contributed by atoms with Crippen LogP contribution in [0.4, 0.5) is 5.00 Å². The maximum absolute atomic E-state index is 12.1. The van der Waals surface area contributed by atoms with Gasteiger partial charge in [-0.05, 0) is 24.4 Å². The Bertz CT molecular complexity index is 539. The van der Waals surface area contributed by atoms with Crippen LogP contribution in [-0.4, -0.2) is 33.3 Å². The number of carbonyl (C=O) groups is 3. The van der Waals surface area contributed by atoms with E-state index in [4.69, 9.17) is 5.11 Å². The van der Waals surface area contributed by atoms with Gasteiger partial charge in [0.25, 0.3) is 0 Å². The first-order chi connectivity index (χ1) is 9.23. The number of carbonyl (C=O) groups excluding carboxylic acids is 2. The molecule has 0 radical (unpaired) electrons. The molecule has 1 unspecified atom stereocenters. The molecule has 20 heavy (non-hydrogen) atoms. The van der Waals surface area contributed by atoms with Crippen molar-refractivity contribution >= 4 is 34.3 Å². The smallest absolute Gasteiger partial charge is 0.340 e. The molecule has 1 aromatic rings. The second-order valence-electron chi connectivity index (χ2n) is 4.69. The monoisotopic (exact) mass is 299 g/mol. The molecular weight excluding hydrogens is 282 g/mol. The predicted octanol–water partition coefficient (Wildman–Crippen LogP) is 1.25. The number of anilines is 1. The molecule has 0 bridgehead atoms. The topological polar surface area (TPSA) is 108 Å². The van der Waals surface area contributed by atoms with E-state index < -0.39 is 17.9 Å². The van der Waals surface area contributed by atoms with Crippen LogP contribution in [0.3, 0.4) is 0 Å². The van der Waals surface area contributed by atoms with Gasteiger partial charge in [0.05, 0.1) is 5.69 Å². The molecule has 1 aromatic heterocycles. The van der Waals surface area contributed by atoms with Crippen molar-refractivity contribution in [2.75, 3.05) is 5.32 Å². The van der Waals surface area contributed by atoms with Gasteiger partial charge < -0.3 is 15.7 Å². The van der Waals surface area contributed by atoms with E-state index in [9.17, 15) is 14.4 Å². The van der Waals surface area contributed by atoms with Crippen LogP contribution in [0, 0.1) is 12.8 Å². The summed E-state index contributed by atoms with van der Waals surface area (Å²) in [6.45, 7) is 6.46. The van der Waals surface area contributed by atoms with E-state index in [0.717, 1.165) is 11.5 Å². The van der Waals surface area contributed by atoms with Gasteiger partial charge >= 0.3 is 5.97 Å². The molecule has 0 aliphatic rings. The maximum Gasteiger partial charge on any atom is 0.340 e. The van der Waals surface area contributed by atoms with E-state index in [1.165, 1.54) is 6.92 Å². The van der Waals surface area contributed by atoms with E-state index in [1.54, 1.807) is 20.8 Å². The molecule has 0 aliphatic heterocycles. The average molecular weight is 299 g/mol. The van der Waals surface area contributed by atoms with Gasteiger partial charge in [-0.1, -0.05) is 13.8 Å². The SMILES string of the molecule is CC(=O)NC(C(=O)Nc1snc(C)c1C(=O)O)C(C)C. The molecule has 7 nitrogen and oxygen atoms in total. The minimum atomic E-state index is -1.15. The first-order valence-electron chi connectivity index (χ1n) is 6.01. The number of amides is 2. The fourth-order valence-electron chi connectivity index (χ4n) is 1.65. The summed E-state index contributed by atoms with van der Waals surface area (Å²) in [6.07, 6.45) is 0. The van der Waals surface area contributed by atoms with E-state index in [1.807, 2.05) is 0 Å². The highest BCUT2D eigenvalue weighted by atomic mass is 32.1. The lowest BCUT2D eigenvalue weighted by molar-refractivity contribution is -0.126. The molecule has 0 aromatic carbocycles. The molecule has 0 saturated carbocycles. The van der Waals surface area contributed by atoms with Crippen molar-refractivity contribution in [2.24, 2.45) is 5.92 Å². The third-order valence-electron chi connectivity index (χ3n) is 2.62. The van der Waals surface area contributed by atoms with Gasteiger partial charge in [-0.25, -0.2) is 4.79 Å². The van der Waals surface area contributed by atoms with Crippen LogP contribution in [-0.2, 0) is 9.59 Å². The van der Waals surface area contributed by atoms with Crippen molar-refractivity contribution in [3.63, 3.8) is 0 Å². The first kappa shape index (κ1) is 16.1. The predicted molar refractivity (Wildman–Crippen MR) is 74.9 cm³/mol. The number of aromatic carboxylic acids is 1. The molecule has 0 spiro atoms. The summed E-state index contributed by atoms with van der Waals surface area (Å²) in [6, 6.07) is -0.725. The average Bonchev–Trinajstić information content (AvgIpc) is 2.66. The minimum Gasteiger partial charge on any atom is -0.478 e. The first-order valence-corrected chi connectivity index (χ1v) is 6.79. The number of nitrogens with zero attached hydrogens (tertiary/aromatic N) is 1.